The van der Waals surface area contributed by atoms with Crippen molar-refractivity contribution in [2.45, 2.75) is 165 Å². The van der Waals surface area contributed by atoms with Crippen molar-refractivity contribution in [2.75, 3.05) is 34.0 Å². The molecule has 4 saturated carbocycles. The standard InChI is InChI=1S/C40H70O14/c1-19(2)21(17-51-37-34(31(46)26(16-41)53-37)54-36-33(50-7)32(47)27(49-6)18-52-36)9-8-20(3)22-14-24(43)35-38(22,4)13-11-28-39(5)12-10-23(42)30(45)29(39)25(44)15-40(28,35)48/h19-37,41-48H,8-18H2,1-7H3/t20-,21-,22-,23+,24-,25+,26?,27?,28?,29?,30+,31?,32?,33?,34?,35?,36?,37?,38-,39-,40+/m1/s1. The molecule has 14 nitrogen and oxygen atoms in total. The molecule has 11 unspecified atom stereocenters. The summed E-state index contributed by atoms with van der Waals surface area (Å²) in [6.07, 6.45) is -6.42. The molecule has 6 fully saturated rings. The molecule has 2 aliphatic heterocycles. The Hall–Kier alpha value is -0.560. The van der Waals surface area contributed by atoms with Crippen LogP contribution >= 0.6 is 0 Å². The number of hydrogen-bond acceptors (Lipinski definition) is 14. The van der Waals surface area contributed by atoms with E-state index in [1.807, 2.05) is 0 Å². The molecule has 0 radical (unpaired) electrons. The number of fused-ring (bicyclic) bond motifs is 5. The summed E-state index contributed by atoms with van der Waals surface area (Å²) in [6.45, 7) is 10.7. The van der Waals surface area contributed by atoms with Crippen LogP contribution < -0.4 is 0 Å². The number of methoxy groups -OCH3 is 2. The van der Waals surface area contributed by atoms with Crippen molar-refractivity contribution in [3.05, 3.63) is 0 Å². The molecule has 21 atom stereocenters. The van der Waals surface area contributed by atoms with E-state index in [9.17, 15) is 40.9 Å². The van der Waals surface area contributed by atoms with Crippen LogP contribution in [0.1, 0.15) is 86.0 Å². The molecule has 314 valence electrons. The van der Waals surface area contributed by atoms with Gasteiger partial charge in [-0.2, -0.15) is 0 Å². The van der Waals surface area contributed by atoms with E-state index in [1.165, 1.54) is 14.2 Å². The highest BCUT2D eigenvalue weighted by Crippen LogP contribution is 2.70. The lowest BCUT2D eigenvalue weighted by molar-refractivity contribution is -0.310. The number of aliphatic hydroxyl groups is 8. The molecule has 6 rings (SSSR count). The van der Waals surface area contributed by atoms with Gasteiger partial charge in [-0.15, -0.1) is 0 Å². The molecular formula is C40H70O14. The molecule has 0 aromatic heterocycles. The highest BCUT2D eigenvalue weighted by molar-refractivity contribution is 5.21. The summed E-state index contributed by atoms with van der Waals surface area (Å²) in [7, 11) is 2.90. The van der Waals surface area contributed by atoms with Crippen molar-refractivity contribution in [3.63, 3.8) is 0 Å². The van der Waals surface area contributed by atoms with Crippen molar-refractivity contribution < 1.29 is 69.3 Å². The van der Waals surface area contributed by atoms with Gasteiger partial charge in [0.2, 0.25) is 0 Å². The van der Waals surface area contributed by atoms with E-state index in [0.29, 0.717) is 25.9 Å². The van der Waals surface area contributed by atoms with Gasteiger partial charge >= 0.3 is 0 Å². The van der Waals surface area contributed by atoms with Gasteiger partial charge in [-0.25, -0.2) is 0 Å². The molecule has 14 heteroatoms. The molecule has 2 heterocycles. The van der Waals surface area contributed by atoms with E-state index >= 15 is 0 Å². The predicted octanol–water partition coefficient (Wildman–Crippen LogP) is 0.949. The molecule has 0 aromatic carbocycles. The van der Waals surface area contributed by atoms with E-state index in [4.69, 9.17) is 28.4 Å². The first-order valence-electron chi connectivity index (χ1n) is 20.5. The first kappa shape index (κ1) is 43.0. The Balaban J connectivity index is 1.10. The summed E-state index contributed by atoms with van der Waals surface area (Å²) in [5.74, 6) is -0.414. The Morgan fingerprint density at radius 1 is 0.796 bits per heavy atom. The number of hydrogen-bond donors (Lipinski definition) is 8. The third-order valence-corrected chi connectivity index (χ3v) is 15.6. The number of ether oxygens (including phenoxy) is 6. The first-order valence-corrected chi connectivity index (χ1v) is 20.5. The van der Waals surface area contributed by atoms with Crippen LogP contribution in [0.2, 0.25) is 0 Å². The minimum Gasteiger partial charge on any atom is -0.394 e. The van der Waals surface area contributed by atoms with Gasteiger partial charge in [0.15, 0.2) is 12.6 Å². The second-order valence-corrected chi connectivity index (χ2v) is 18.8. The summed E-state index contributed by atoms with van der Waals surface area (Å²) in [6, 6.07) is 0. The molecule has 54 heavy (non-hydrogen) atoms. The van der Waals surface area contributed by atoms with Crippen LogP contribution in [-0.2, 0) is 28.4 Å². The SMILES string of the molecule is COC1COC(OC2C(OC[C@@H](CC[C@@H](C)[C@H]3C[C@@H](O)C4[C@]5(O)C[C@H](O)C6[C@@H](O)[C@@H](O)CC[C@]6(C)C5CC[C@@]43C)C(C)C)OC(CO)C2O)C(OC)C1O. The molecule has 2 saturated heterocycles. The zero-order valence-corrected chi connectivity index (χ0v) is 33.3. The molecular weight excluding hydrogens is 704 g/mol. The van der Waals surface area contributed by atoms with Crippen molar-refractivity contribution in [2.24, 2.45) is 52.3 Å². The minimum absolute atomic E-state index is 0.0586. The Labute approximate surface area is 320 Å². The molecule has 4 aliphatic carbocycles. The van der Waals surface area contributed by atoms with Crippen molar-refractivity contribution in [1.29, 1.82) is 0 Å². The Morgan fingerprint density at radius 3 is 2.15 bits per heavy atom. The molecule has 0 spiro atoms. The van der Waals surface area contributed by atoms with Crippen LogP contribution in [0.5, 0.6) is 0 Å². The van der Waals surface area contributed by atoms with Crippen LogP contribution in [0.25, 0.3) is 0 Å². The minimum atomic E-state index is -1.28. The molecule has 0 aromatic rings. The van der Waals surface area contributed by atoms with E-state index in [0.717, 1.165) is 25.7 Å². The van der Waals surface area contributed by atoms with E-state index < -0.39 is 103 Å². The number of rotatable bonds is 13. The third kappa shape index (κ3) is 7.35. The quantitative estimate of drug-likeness (QED) is 0.131. The fourth-order valence-electron chi connectivity index (χ4n) is 12.6. The summed E-state index contributed by atoms with van der Waals surface area (Å²) >= 11 is 0. The maximum Gasteiger partial charge on any atom is 0.187 e. The second kappa shape index (κ2) is 16.6. The Morgan fingerprint density at radius 2 is 1.50 bits per heavy atom. The monoisotopic (exact) mass is 774 g/mol. The first-order chi connectivity index (χ1) is 25.5. The lowest BCUT2D eigenvalue weighted by atomic mass is 9.41. The van der Waals surface area contributed by atoms with Gasteiger partial charge in [-0.3, -0.25) is 0 Å². The van der Waals surface area contributed by atoms with Crippen LogP contribution in [0.4, 0.5) is 0 Å². The average molecular weight is 775 g/mol. The van der Waals surface area contributed by atoms with E-state index in [1.54, 1.807) is 0 Å². The van der Waals surface area contributed by atoms with Gasteiger partial charge in [0.1, 0.15) is 36.6 Å². The van der Waals surface area contributed by atoms with Crippen LogP contribution in [0.3, 0.4) is 0 Å². The van der Waals surface area contributed by atoms with Crippen molar-refractivity contribution in [1.82, 2.24) is 0 Å². The Bertz CT molecular complexity index is 1240. The summed E-state index contributed by atoms with van der Waals surface area (Å²) in [5, 5.41) is 89.0. The van der Waals surface area contributed by atoms with Gasteiger partial charge in [0.05, 0.1) is 49.8 Å². The normalized spacial score (nSPS) is 51.8. The molecule has 6 aliphatic rings. The third-order valence-electron chi connectivity index (χ3n) is 15.6. The molecule has 0 bridgehead atoms. The van der Waals surface area contributed by atoms with Crippen LogP contribution in [0, 0.1) is 52.3 Å². The maximum atomic E-state index is 12.7. The fourth-order valence-corrected chi connectivity index (χ4v) is 12.6. The second-order valence-electron chi connectivity index (χ2n) is 18.8. The van der Waals surface area contributed by atoms with Crippen LogP contribution in [0.15, 0.2) is 0 Å². The molecule has 0 amide bonds. The van der Waals surface area contributed by atoms with E-state index in [-0.39, 0.29) is 48.0 Å². The van der Waals surface area contributed by atoms with Gasteiger partial charge < -0.3 is 69.3 Å². The summed E-state index contributed by atoms with van der Waals surface area (Å²) in [4.78, 5) is 0. The van der Waals surface area contributed by atoms with Crippen molar-refractivity contribution in [3.8, 4) is 0 Å². The van der Waals surface area contributed by atoms with Gasteiger partial charge in [0, 0.05) is 32.5 Å². The summed E-state index contributed by atoms with van der Waals surface area (Å²) < 4.78 is 35.0. The predicted molar refractivity (Wildman–Crippen MR) is 193 cm³/mol. The Kier molecular flexibility index (Phi) is 13.2. The zero-order chi connectivity index (χ0) is 39.5. The van der Waals surface area contributed by atoms with E-state index in [2.05, 4.69) is 34.6 Å². The zero-order valence-electron chi connectivity index (χ0n) is 33.3. The largest absolute Gasteiger partial charge is 0.394 e. The average Bonchev–Trinajstić information content (AvgIpc) is 3.57. The maximum absolute atomic E-state index is 12.7. The highest BCUT2D eigenvalue weighted by Gasteiger charge is 2.71. The fraction of sp³-hybridized carbons (Fsp3) is 1.00. The van der Waals surface area contributed by atoms with Gasteiger partial charge in [-0.1, -0.05) is 41.0 Å². The highest BCUT2D eigenvalue weighted by atomic mass is 16.8. The lowest BCUT2D eigenvalue weighted by Crippen LogP contribution is -2.70. The van der Waals surface area contributed by atoms with Gasteiger partial charge in [0.25, 0.3) is 0 Å². The number of aliphatic hydroxyl groups excluding tert-OH is 7. The van der Waals surface area contributed by atoms with Crippen LogP contribution in [-0.4, -0.2) is 154 Å². The summed E-state index contributed by atoms with van der Waals surface area (Å²) in [5.41, 5.74) is -2.18. The van der Waals surface area contributed by atoms with Crippen molar-refractivity contribution >= 4 is 0 Å². The van der Waals surface area contributed by atoms with Gasteiger partial charge in [-0.05, 0) is 78.9 Å². The molecule has 8 N–H and O–H groups in total. The smallest absolute Gasteiger partial charge is 0.187 e. The lowest BCUT2D eigenvalue weighted by Gasteiger charge is -2.66. The topological polar surface area (TPSA) is 217 Å².